The van der Waals surface area contributed by atoms with Crippen LogP contribution in [-0.4, -0.2) is 23.4 Å². The molecule has 2 N–H and O–H groups in total. The lowest BCUT2D eigenvalue weighted by Crippen LogP contribution is -2.03. The molecule has 0 fully saturated rings. The third kappa shape index (κ3) is 3.78. The van der Waals surface area contributed by atoms with Gasteiger partial charge in [0, 0.05) is 0 Å². The molecule has 0 aliphatic carbocycles. The summed E-state index contributed by atoms with van der Waals surface area (Å²) in [7, 11) is 1.49. The monoisotopic (exact) mass is 324 g/mol. The number of phenolic OH excluding ortho intramolecular Hbond substituents is 1. The van der Waals surface area contributed by atoms with Crippen LogP contribution in [0.3, 0.4) is 0 Å². The van der Waals surface area contributed by atoms with Gasteiger partial charge in [0.15, 0.2) is 11.5 Å². The Balaban J connectivity index is 2.05. The number of hydrogen-bond donors (Lipinski definition) is 2. The van der Waals surface area contributed by atoms with Gasteiger partial charge in [0.25, 0.3) is 0 Å². The Kier molecular flexibility index (Phi) is 4.87. The predicted octanol–water partition coefficient (Wildman–Crippen LogP) is 4.07. The van der Waals surface area contributed by atoms with Crippen molar-refractivity contribution in [3.8, 4) is 23.0 Å². The number of aromatic hydroxyl groups is 1. The lowest BCUT2D eigenvalue weighted by Gasteiger charge is -2.13. The summed E-state index contributed by atoms with van der Waals surface area (Å²) in [5, 5.41) is 20.1. The molecule has 4 heteroatoms. The molecule has 4 rings (SSSR count). The molecule has 4 nitrogen and oxygen atoms in total. The maximum absolute atomic E-state index is 10.2. The molecule has 2 aliphatic rings. The molecule has 2 aliphatic heterocycles. The molecule has 0 saturated carbocycles. The van der Waals surface area contributed by atoms with Gasteiger partial charge in [0.2, 0.25) is 5.75 Å². The number of benzene rings is 2. The van der Waals surface area contributed by atoms with Gasteiger partial charge in [-0.1, -0.05) is 36.4 Å². The van der Waals surface area contributed by atoms with E-state index in [4.69, 9.17) is 9.47 Å². The molecule has 2 heterocycles. The van der Waals surface area contributed by atoms with Gasteiger partial charge < -0.3 is 19.7 Å². The van der Waals surface area contributed by atoms with Crippen molar-refractivity contribution >= 4 is 6.08 Å². The first kappa shape index (κ1) is 16.1. The molecule has 0 spiro atoms. The second-order valence-corrected chi connectivity index (χ2v) is 5.67. The summed E-state index contributed by atoms with van der Waals surface area (Å²) < 4.78 is 11.1. The Labute approximate surface area is 141 Å². The number of hydrogen-bond acceptors (Lipinski definition) is 4. The number of methoxy groups -OCH3 is 1. The zero-order valence-corrected chi connectivity index (χ0v) is 13.5. The van der Waals surface area contributed by atoms with E-state index in [9.17, 15) is 10.2 Å². The van der Waals surface area contributed by atoms with E-state index in [1.807, 2.05) is 36.4 Å². The third-order valence-electron chi connectivity index (χ3n) is 3.87. The summed E-state index contributed by atoms with van der Waals surface area (Å²) in [6, 6.07) is 11.1. The van der Waals surface area contributed by atoms with E-state index in [2.05, 4.69) is 0 Å². The molecule has 0 radical (unpaired) electrons. The average molecular weight is 324 g/mol. The van der Waals surface area contributed by atoms with Crippen LogP contribution >= 0.6 is 0 Å². The summed E-state index contributed by atoms with van der Waals surface area (Å²) in [4.78, 5) is 0. The zero-order chi connectivity index (χ0) is 16.9. The maximum atomic E-state index is 10.2. The van der Waals surface area contributed by atoms with Gasteiger partial charge >= 0.3 is 0 Å². The first-order valence-corrected chi connectivity index (χ1v) is 7.86. The van der Waals surface area contributed by atoms with E-state index in [-0.39, 0.29) is 5.75 Å². The maximum Gasteiger partial charge on any atom is 0.203 e. The highest BCUT2D eigenvalue weighted by Crippen LogP contribution is 2.40. The van der Waals surface area contributed by atoms with Crippen LogP contribution in [-0.2, 0) is 6.42 Å². The van der Waals surface area contributed by atoms with E-state index < -0.39 is 6.10 Å². The number of ether oxygens (including phenoxy) is 2. The lowest BCUT2D eigenvalue weighted by atomic mass is 10.1. The molecule has 1 atom stereocenters. The molecular formula is C20H20O4. The quantitative estimate of drug-likeness (QED) is 0.830. The Morgan fingerprint density at radius 2 is 1.92 bits per heavy atom. The van der Waals surface area contributed by atoms with Crippen molar-refractivity contribution in [1.82, 2.24) is 0 Å². The molecule has 2 aromatic rings. The summed E-state index contributed by atoms with van der Waals surface area (Å²) in [5.41, 5.74) is 1.90. The van der Waals surface area contributed by atoms with E-state index in [0.29, 0.717) is 23.7 Å². The van der Waals surface area contributed by atoms with Gasteiger partial charge in [-0.2, -0.15) is 0 Å². The standard InChI is InChI=1S/C20H20O4/c1-23-20-18(22)12-15-4-2-3-5-16(21)9-6-14-7-10-17(11-8-14)24-19(20)13-15/h2-5,7-8,10-13,16,21-22H,6,9H2,1H3/b4-2-,5-3-/t16-/m1/s1. The van der Waals surface area contributed by atoms with Gasteiger partial charge in [-0.15, -0.1) is 0 Å². The fourth-order valence-corrected chi connectivity index (χ4v) is 2.61. The second kappa shape index (κ2) is 7.23. The third-order valence-corrected chi connectivity index (χ3v) is 3.87. The predicted molar refractivity (Wildman–Crippen MR) is 93.7 cm³/mol. The van der Waals surface area contributed by atoms with Crippen molar-refractivity contribution in [3.05, 3.63) is 65.8 Å². The molecule has 24 heavy (non-hydrogen) atoms. The van der Waals surface area contributed by atoms with Crippen LogP contribution in [0.2, 0.25) is 0 Å². The van der Waals surface area contributed by atoms with Crippen molar-refractivity contribution in [2.24, 2.45) is 0 Å². The number of aliphatic hydroxyl groups excluding tert-OH is 1. The minimum Gasteiger partial charge on any atom is -0.504 e. The summed E-state index contributed by atoms with van der Waals surface area (Å²) in [5.74, 6) is 1.42. The number of rotatable bonds is 1. The van der Waals surface area contributed by atoms with Crippen LogP contribution in [0.15, 0.2) is 54.6 Å². The average Bonchev–Trinajstić information content (AvgIpc) is 2.58. The smallest absolute Gasteiger partial charge is 0.203 e. The SMILES string of the molecule is COc1c(O)cc2cc1Oc1ccc(cc1)CC[C@H](O)/C=C\C=C/2. The summed E-state index contributed by atoms with van der Waals surface area (Å²) in [6.07, 6.45) is 8.16. The highest BCUT2D eigenvalue weighted by molar-refractivity contribution is 5.63. The highest BCUT2D eigenvalue weighted by Gasteiger charge is 2.13. The van der Waals surface area contributed by atoms with Crippen LogP contribution in [0, 0.1) is 0 Å². The van der Waals surface area contributed by atoms with Crippen LogP contribution in [0.5, 0.6) is 23.0 Å². The normalized spacial score (nSPS) is 19.7. The largest absolute Gasteiger partial charge is 0.504 e. The summed E-state index contributed by atoms with van der Waals surface area (Å²) in [6.45, 7) is 0. The fraction of sp³-hybridized carbons (Fsp3) is 0.200. The molecule has 2 aromatic carbocycles. The van der Waals surface area contributed by atoms with Gasteiger partial charge in [-0.05, 0) is 48.2 Å². The first-order valence-electron chi connectivity index (χ1n) is 7.86. The van der Waals surface area contributed by atoms with Crippen LogP contribution in [0.4, 0.5) is 0 Å². The number of aliphatic hydroxyl groups is 1. The van der Waals surface area contributed by atoms with E-state index >= 15 is 0 Å². The van der Waals surface area contributed by atoms with Crippen molar-refractivity contribution < 1.29 is 19.7 Å². The fourth-order valence-electron chi connectivity index (χ4n) is 2.61. The minimum atomic E-state index is -0.490. The van der Waals surface area contributed by atoms with Gasteiger partial charge in [-0.3, -0.25) is 0 Å². The molecule has 0 amide bonds. The number of allylic oxidation sites excluding steroid dienone is 2. The van der Waals surface area contributed by atoms with Crippen LogP contribution in [0.1, 0.15) is 17.5 Å². The van der Waals surface area contributed by atoms with Crippen molar-refractivity contribution in [3.63, 3.8) is 0 Å². The van der Waals surface area contributed by atoms with E-state index in [1.165, 1.54) is 7.11 Å². The molecule has 0 aromatic heterocycles. The topological polar surface area (TPSA) is 58.9 Å². The Bertz CT molecular complexity index is 760. The minimum absolute atomic E-state index is 0.0135. The molecule has 4 bridgehead atoms. The lowest BCUT2D eigenvalue weighted by molar-refractivity contribution is 0.213. The van der Waals surface area contributed by atoms with Crippen molar-refractivity contribution in [2.45, 2.75) is 18.9 Å². The number of fused-ring (bicyclic) bond motifs is 6. The Hall–Kier alpha value is -2.72. The first-order chi connectivity index (χ1) is 11.7. The number of aryl methyl sites for hydroxylation is 1. The molecule has 0 saturated heterocycles. The van der Waals surface area contributed by atoms with Crippen LogP contribution in [0.25, 0.3) is 6.08 Å². The van der Waals surface area contributed by atoms with Gasteiger partial charge in [0.05, 0.1) is 13.2 Å². The zero-order valence-electron chi connectivity index (χ0n) is 13.5. The van der Waals surface area contributed by atoms with E-state index in [1.54, 1.807) is 24.3 Å². The van der Waals surface area contributed by atoms with Crippen LogP contribution < -0.4 is 9.47 Å². The van der Waals surface area contributed by atoms with Crippen molar-refractivity contribution in [1.29, 1.82) is 0 Å². The van der Waals surface area contributed by atoms with E-state index in [0.717, 1.165) is 17.5 Å². The van der Waals surface area contributed by atoms with Gasteiger partial charge in [0.1, 0.15) is 5.75 Å². The molecular weight excluding hydrogens is 304 g/mol. The summed E-state index contributed by atoms with van der Waals surface area (Å²) >= 11 is 0. The second-order valence-electron chi connectivity index (χ2n) is 5.67. The van der Waals surface area contributed by atoms with Gasteiger partial charge in [-0.25, -0.2) is 0 Å². The Morgan fingerprint density at radius 3 is 2.67 bits per heavy atom. The molecule has 124 valence electrons. The molecule has 0 unspecified atom stereocenters. The number of phenols is 1. The Morgan fingerprint density at radius 1 is 1.12 bits per heavy atom. The van der Waals surface area contributed by atoms with Crippen molar-refractivity contribution in [2.75, 3.05) is 7.11 Å². The highest BCUT2D eigenvalue weighted by atomic mass is 16.5.